The smallest absolute Gasteiger partial charge is 0.224 e. The van der Waals surface area contributed by atoms with Crippen LogP contribution in [0.1, 0.15) is 24.0 Å². The Hall–Kier alpha value is -1.51. The number of aromatic hydroxyl groups is 1. The Morgan fingerprint density at radius 3 is 3.07 bits per heavy atom. The molecule has 1 aliphatic heterocycles. The van der Waals surface area contributed by atoms with Gasteiger partial charge in [0.25, 0.3) is 0 Å². The highest BCUT2D eigenvalue weighted by Crippen LogP contribution is 2.25. The van der Waals surface area contributed by atoms with E-state index in [9.17, 15) is 9.90 Å². The fourth-order valence-electron chi connectivity index (χ4n) is 1.84. The summed E-state index contributed by atoms with van der Waals surface area (Å²) >= 11 is 0. The summed E-state index contributed by atoms with van der Waals surface area (Å²) in [4.78, 5) is 11.3. The lowest BCUT2D eigenvalue weighted by molar-refractivity contribution is -0.120. The normalized spacial score (nSPS) is 20.9. The number of nitrogens with one attached hydrogen (secondary N) is 1. The molecule has 2 rings (SSSR count). The van der Waals surface area contributed by atoms with Gasteiger partial charge in [-0.05, 0) is 29.2 Å². The molecule has 1 atom stereocenters. The van der Waals surface area contributed by atoms with Crippen LogP contribution in [0.5, 0.6) is 5.75 Å². The lowest BCUT2D eigenvalue weighted by atomic mass is 9.95. The number of amides is 1. The van der Waals surface area contributed by atoms with Crippen molar-refractivity contribution in [1.29, 1.82) is 0 Å². The molecule has 0 bridgehead atoms. The fraction of sp³-hybridized carbons (Fsp3) is 0.364. The summed E-state index contributed by atoms with van der Waals surface area (Å²) in [6.07, 6.45) is 0.369. The fourth-order valence-corrected chi connectivity index (χ4v) is 1.84. The van der Waals surface area contributed by atoms with Crippen molar-refractivity contribution < 1.29 is 9.90 Å². The first-order valence-corrected chi connectivity index (χ1v) is 4.75. The topological polar surface area (TPSA) is 49.3 Å². The number of carbonyl (C=O) groups is 1. The van der Waals surface area contributed by atoms with E-state index in [-0.39, 0.29) is 11.7 Å². The van der Waals surface area contributed by atoms with E-state index < -0.39 is 0 Å². The first kappa shape index (κ1) is 9.06. The molecule has 1 aromatic rings. The van der Waals surface area contributed by atoms with Crippen molar-refractivity contribution in [3.63, 3.8) is 0 Å². The second-order valence-electron chi connectivity index (χ2n) is 3.77. The minimum atomic E-state index is 0.0289. The molecule has 1 unspecified atom stereocenters. The van der Waals surface area contributed by atoms with Crippen LogP contribution in [0.3, 0.4) is 0 Å². The van der Waals surface area contributed by atoms with Gasteiger partial charge in [0.1, 0.15) is 5.75 Å². The average molecular weight is 191 g/mol. The third-order valence-electron chi connectivity index (χ3n) is 2.61. The third-order valence-corrected chi connectivity index (χ3v) is 2.61. The van der Waals surface area contributed by atoms with Gasteiger partial charge in [-0.15, -0.1) is 0 Å². The van der Waals surface area contributed by atoms with Crippen molar-refractivity contribution in [3.05, 3.63) is 29.3 Å². The molecule has 1 aromatic carbocycles. The molecule has 2 N–H and O–H groups in total. The van der Waals surface area contributed by atoms with Crippen LogP contribution in [-0.2, 0) is 11.2 Å². The van der Waals surface area contributed by atoms with E-state index in [4.69, 9.17) is 0 Å². The Morgan fingerprint density at radius 1 is 1.50 bits per heavy atom. The first-order valence-electron chi connectivity index (χ1n) is 4.75. The first-order chi connectivity index (χ1) is 6.66. The van der Waals surface area contributed by atoms with Crippen molar-refractivity contribution in [2.45, 2.75) is 19.3 Å². The van der Waals surface area contributed by atoms with E-state index in [1.807, 2.05) is 6.07 Å². The molecule has 0 saturated carbocycles. The highest BCUT2D eigenvalue weighted by atomic mass is 16.3. The van der Waals surface area contributed by atoms with E-state index in [0.717, 1.165) is 11.1 Å². The van der Waals surface area contributed by atoms with Crippen LogP contribution in [0.4, 0.5) is 0 Å². The SMILES string of the molecule is CC1CNC(=O)Cc2cc(O)ccc21. The summed E-state index contributed by atoms with van der Waals surface area (Å²) in [5.74, 6) is 0.573. The van der Waals surface area contributed by atoms with Gasteiger partial charge in [-0.1, -0.05) is 13.0 Å². The highest BCUT2D eigenvalue weighted by Gasteiger charge is 2.18. The number of rotatable bonds is 0. The van der Waals surface area contributed by atoms with Gasteiger partial charge < -0.3 is 10.4 Å². The number of phenols is 1. The predicted molar refractivity (Wildman–Crippen MR) is 53.2 cm³/mol. The van der Waals surface area contributed by atoms with Crippen LogP contribution in [0, 0.1) is 0 Å². The van der Waals surface area contributed by atoms with E-state index in [0.29, 0.717) is 18.9 Å². The standard InChI is InChI=1S/C11H13NO2/c1-7-6-12-11(14)5-8-4-9(13)2-3-10(7)8/h2-4,7,13H,5-6H2,1H3,(H,12,14). The molecule has 0 saturated heterocycles. The summed E-state index contributed by atoms with van der Waals surface area (Å²) < 4.78 is 0. The number of benzene rings is 1. The van der Waals surface area contributed by atoms with Gasteiger partial charge in [-0.3, -0.25) is 4.79 Å². The second kappa shape index (κ2) is 3.33. The van der Waals surface area contributed by atoms with Gasteiger partial charge >= 0.3 is 0 Å². The van der Waals surface area contributed by atoms with Gasteiger partial charge in [0.2, 0.25) is 5.91 Å². The van der Waals surface area contributed by atoms with Crippen molar-refractivity contribution >= 4 is 5.91 Å². The zero-order chi connectivity index (χ0) is 10.1. The second-order valence-corrected chi connectivity index (χ2v) is 3.77. The maximum Gasteiger partial charge on any atom is 0.224 e. The number of carbonyl (C=O) groups excluding carboxylic acids is 1. The summed E-state index contributed by atoms with van der Waals surface area (Å²) in [5, 5.41) is 12.2. The molecule has 3 heteroatoms. The number of fused-ring (bicyclic) bond motifs is 1. The minimum Gasteiger partial charge on any atom is -0.508 e. The molecular formula is C11H13NO2. The van der Waals surface area contributed by atoms with Gasteiger partial charge in [0.05, 0.1) is 6.42 Å². The molecule has 1 amide bonds. The van der Waals surface area contributed by atoms with Gasteiger partial charge in [0, 0.05) is 6.54 Å². The zero-order valence-corrected chi connectivity index (χ0v) is 8.08. The van der Waals surface area contributed by atoms with Crippen LogP contribution in [0.2, 0.25) is 0 Å². The number of hydrogen-bond acceptors (Lipinski definition) is 2. The Kier molecular flexibility index (Phi) is 2.15. The lowest BCUT2D eigenvalue weighted by Crippen LogP contribution is -2.25. The summed E-state index contributed by atoms with van der Waals surface area (Å²) in [6.45, 7) is 2.75. The Balaban J connectivity index is 2.46. The van der Waals surface area contributed by atoms with Crippen molar-refractivity contribution in [1.82, 2.24) is 5.32 Å². The predicted octanol–water partition coefficient (Wildman–Crippen LogP) is 1.17. The van der Waals surface area contributed by atoms with Crippen LogP contribution in [-0.4, -0.2) is 17.6 Å². The molecule has 0 aliphatic carbocycles. The molecule has 1 aliphatic rings. The van der Waals surface area contributed by atoms with Gasteiger partial charge in [0.15, 0.2) is 0 Å². The lowest BCUT2D eigenvalue weighted by Gasteiger charge is -2.11. The molecular weight excluding hydrogens is 178 g/mol. The van der Waals surface area contributed by atoms with Gasteiger partial charge in [-0.2, -0.15) is 0 Å². The summed E-state index contributed by atoms with van der Waals surface area (Å²) in [5.41, 5.74) is 2.09. The third kappa shape index (κ3) is 1.58. The maximum atomic E-state index is 11.3. The Bertz CT molecular complexity index is 374. The van der Waals surface area contributed by atoms with E-state index >= 15 is 0 Å². The Labute approximate surface area is 82.8 Å². The molecule has 0 aromatic heterocycles. The van der Waals surface area contributed by atoms with Crippen molar-refractivity contribution in [3.8, 4) is 5.75 Å². The Morgan fingerprint density at radius 2 is 2.29 bits per heavy atom. The number of phenolic OH excluding ortho intramolecular Hbond substituents is 1. The average Bonchev–Trinajstić information content (AvgIpc) is 2.26. The summed E-state index contributed by atoms with van der Waals surface area (Å²) in [7, 11) is 0. The van der Waals surface area contributed by atoms with E-state index in [1.165, 1.54) is 0 Å². The highest BCUT2D eigenvalue weighted by molar-refractivity contribution is 5.80. The van der Waals surface area contributed by atoms with Crippen LogP contribution in [0.15, 0.2) is 18.2 Å². The molecule has 0 spiro atoms. The monoisotopic (exact) mass is 191 g/mol. The van der Waals surface area contributed by atoms with Crippen LogP contribution >= 0.6 is 0 Å². The number of hydrogen-bond donors (Lipinski definition) is 2. The molecule has 14 heavy (non-hydrogen) atoms. The largest absolute Gasteiger partial charge is 0.508 e. The molecule has 3 nitrogen and oxygen atoms in total. The quantitative estimate of drug-likeness (QED) is 0.646. The van der Waals surface area contributed by atoms with Crippen molar-refractivity contribution in [2.24, 2.45) is 0 Å². The van der Waals surface area contributed by atoms with Crippen LogP contribution in [0.25, 0.3) is 0 Å². The maximum absolute atomic E-state index is 11.3. The van der Waals surface area contributed by atoms with E-state index in [1.54, 1.807) is 12.1 Å². The molecule has 1 heterocycles. The minimum absolute atomic E-state index is 0.0289. The van der Waals surface area contributed by atoms with E-state index in [2.05, 4.69) is 12.2 Å². The molecule has 0 radical (unpaired) electrons. The summed E-state index contributed by atoms with van der Waals surface area (Å²) in [6, 6.07) is 5.25. The van der Waals surface area contributed by atoms with Crippen LogP contribution < -0.4 is 5.32 Å². The molecule has 0 fully saturated rings. The van der Waals surface area contributed by atoms with Crippen molar-refractivity contribution in [2.75, 3.05) is 6.54 Å². The van der Waals surface area contributed by atoms with Gasteiger partial charge in [-0.25, -0.2) is 0 Å². The zero-order valence-electron chi connectivity index (χ0n) is 8.08. The molecule has 74 valence electrons.